The van der Waals surface area contributed by atoms with Gasteiger partial charge in [-0.2, -0.15) is 5.10 Å². The molecular weight excluding hydrogens is 390 g/mol. The average molecular weight is 413 g/mol. The third-order valence-electron chi connectivity index (χ3n) is 3.81. The fraction of sp³-hybridized carbons (Fsp3) is 0.286. The minimum Gasteiger partial charge on any atom is -0.490 e. The summed E-state index contributed by atoms with van der Waals surface area (Å²) in [5, 5.41) is 11.2. The summed E-state index contributed by atoms with van der Waals surface area (Å²) in [6, 6.07) is 13.3. The lowest BCUT2D eigenvalue weighted by atomic mass is 10.2. The highest BCUT2D eigenvalue weighted by Gasteiger charge is 2.15. The summed E-state index contributed by atoms with van der Waals surface area (Å²) in [7, 11) is 0. The first-order valence-electron chi connectivity index (χ1n) is 9.33. The number of benzene rings is 2. The first kappa shape index (κ1) is 20.7. The molecule has 0 aromatic heterocycles. The van der Waals surface area contributed by atoms with Gasteiger partial charge in [-0.1, -0.05) is 30.0 Å². The smallest absolute Gasteiger partial charge is 0.236 e. The molecular formula is C21H23N3O4S. The van der Waals surface area contributed by atoms with Crippen LogP contribution in [0.4, 0.5) is 0 Å². The largest absolute Gasteiger partial charge is 0.490 e. The van der Waals surface area contributed by atoms with E-state index in [1.165, 1.54) is 11.8 Å². The zero-order valence-electron chi connectivity index (χ0n) is 16.4. The lowest BCUT2D eigenvalue weighted by Gasteiger charge is -2.13. The molecule has 1 N–H and O–H groups in total. The monoisotopic (exact) mass is 413 g/mol. The van der Waals surface area contributed by atoms with E-state index in [2.05, 4.69) is 15.5 Å². The van der Waals surface area contributed by atoms with E-state index >= 15 is 0 Å². The second-order valence-electron chi connectivity index (χ2n) is 5.99. The molecule has 3 rings (SSSR count). The van der Waals surface area contributed by atoms with Gasteiger partial charge in [-0.15, -0.1) is 5.10 Å². The van der Waals surface area contributed by atoms with Crippen LogP contribution in [0.3, 0.4) is 0 Å². The Labute approximate surface area is 174 Å². The van der Waals surface area contributed by atoms with E-state index < -0.39 is 0 Å². The molecule has 0 atom stereocenters. The number of ether oxygens (including phenoxy) is 3. The Morgan fingerprint density at radius 2 is 1.90 bits per heavy atom. The molecule has 0 unspecified atom stereocenters. The summed E-state index contributed by atoms with van der Waals surface area (Å²) in [5.41, 5.74) is 1.83. The molecule has 0 radical (unpaired) electrons. The molecule has 0 spiro atoms. The maximum absolute atomic E-state index is 11.1. The van der Waals surface area contributed by atoms with E-state index in [9.17, 15) is 4.79 Å². The summed E-state index contributed by atoms with van der Waals surface area (Å²) in [4.78, 5) is 11.1. The van der Waals surface area contributed by atoms with Crippen molar-refractivity contribution in [1.29, 1.82) is 0 Å². The number of rotatable bonds is 9. The molecule has 2 aromatic rings. The maximum Gasteiger partial charge on any atom is 0.236 e. The highest BCUT2D eigenvalue weighted by atomic mass is 32.2. The minimum atomic E-state index is -0.0545. The van der Waals surface area contributed by atoms with E-state index in [-0.39, 0.29) is 5.91 Å². The summed E-state index contributed by atoms with van der Waals surface area (Å²) in [6.07, 6.45) is 1.62. The molecule has 8 heteroatoms. The second kappa shape index (κ2) is 10.5. The third kappa shape index (κ3) is 6.25. The van der Waals surface area contributed by atoms with Crippen molar-refractivity contribution in [2.45, 2.75) is 20.5 Å². The van der Waals surface area contributed by atoms with Crippen molar-refractivity contribution in [3.05, 3.63) is 53.6 Å². The van der Waals surface area contributed by atoms with Gasteiger partial charge in [0.1, 0.15) is 12.4 Å². The average Bonchev–Trinajstić information content (AvgIpc) is 3.14. The number of thioether (sulfide) groups is 1. The first-order valence-corrected chi connectivity index (χ1v) is 10.3. The van der Waals surface area contributed by atoms with Gasteiger partial charge in [0.25, 0.3) is 0 Å². The molecule has 152 valence electrons. The number of amidine groups is 1. The van der Waals surface area contributed by atoms with Crippen molar-refractivity contribution in [1.82, 2.24) is 5.32 Å². The van der Waals surface area contributed by atoms with Gasteiger partial charge in [0.05, 0.1) is 25.2 Å². The number of nitrogens with zero attached hydrogens (tertiary/aromatic N) is 2. The van der Waals surface area contributed by atoms with Gasteiger partial charge in [-0.3, -0.25) is 4.79 Å². The topological polar surface area (TPSA) is 81.5 Å². The normalized spacial score (nSPS) is 15.0. The Bertz CT molecular complexity index is 915. The van der Waals surface area contributed by atoms with Crippen LogP contribution in [0, 0.1) is 0 Å². The summed E-state index contributed by atoms with van der Waals surface area (Å²) < 4.78 is 17.1. The van der Waals surface area contributed by atoms with Crippen molar-refractivity contribution in [3.63, 3.8) is 0 Å². The Balaban J connectivity index is 1.61. The second-order valence-corrected chi connectivity index (χ2v) is 6.96. The van der Waals surface area contributed by atoms with E-state index in [0.717, 1.165) is 22.6 Å². The van der Waals surface area contributed by atoms with Crippen LogP contribution in [-0.4, -0.2) is 36.3 Å². The Morgan fingerprint density at radius 3 is 2.66 bits per heavy atom. The van der Waals surface area contributed by atoms with E-state index in [0.29, 0.717) is 36.5 Å². The van der Waals surface area contributed by atoms with Crippen LogP contribution in [0.25, 0.3) is 0 Å². The predicted molar refractivity (Wildman–Crippen MR) is 115 cm³/mol. The quantitative estimate of drug-likeness (QED) is 0.502. The van der Waals surface area contributed by atoms with Crippen LogP contribution in [0.5, 0.6) is 17.2 Å². The number of carbonyl (C=O) groups is 1. The van der Waals surface area contributed by atoms with Crippen LogP contribution in [0.15, 0.2) is 52.7 Å². The molecule has 1 heterocycles. The lowest BCUT2D eigenvalue weighted by Crippen LogP contribution is -2.19. The fourth-order valence-corrected chi connectivity index (χ4v) is 3.19. The Morgan fingerprint density at radius 1 is 1.07 bits per heavy atom. The number of carbonyl (C=O) groups excluding carboxylic acids is 1. The van der Waals surface area contributed by atoms with Crippen LogP contribution in [0.2, 0.25) is 0 Å². The van der Waals surface area contributed by atoms with Gasteiger partial charge in [0.15, 0.2) is 16.7 Å². The standard InChI is InChI=1S/C21H23N3O4S/c1-3-26-18-9-8-16(11-19(18)27-4-2)13-28-17-7-5-6-15(10-17)12-22-24-21-23-20(25)14-29-21/h5-12H,3-4,13-14H2,1-2H3,(H,23,24,25). The highest BCUT2D eigenvalue weighted by molar-refractivity contribution is 8.15. The predicted octanol–water partition coefficient (Wildman–Crippen LogP) is 3.62. The summed E-state index contributed by atoms with van der Waals surface area (Å²) in [5.74, 6) is 2.49. The SMILES string of the molecule is CCOc1ccc(COc2cccc(C=NN=C3NC(=O)CS3)c2)cc1OCC. The number of nitrogens with one attached hydrogen (secondary N) is 1. The molecule has 0 aliphatic carbocycles. The molecule has 0 bridgehead atoms. The molecule has 0 saturated carbocycles. The Kier molecular flexibility index (Phi) is 7.52. The third-order valence-corrected chi connectivity index (χ3v) is 4.68. The van der Waals surface area contributed by atoms with E-state index in [1.807, 2.05) is 56.3 Å². The van der Waals surface area contributed by atoms with Crippen LogP contribution >= 0.6 is 11.8 Å². The summed E-state index contributed by atoms with van der Waals surface area (Å²) >= 11 is 1.33. The first-order chi connectivity index (χ1) is 14.2. The van der Waals surface area contributed by atoms with Gasteiger partial charge < -0.3 is 19.5 Å². The molecule has 1 fully saturated rings. The Hall–Kier alpha value is -3.00. The molecule has 2 aromatic carbocycles. The van der Waals surface area contributed by atoms with Gasteiger partial charge in [0, 0.05) is 0 Å². The van der Waals surface area contributed by atoms with Crippen LogP contribution in [-0.2, 0) is 11.4 Å². The van der Waals surface area contributed by atoms with Crippen molar-refractivity contribution < 1.29 is 19.0 Å². The van der Waals surface area contributed by atoms with Crippen molar-refractivity contribution in [2.75, 3.05) is 19.0 Å². The lowest BCUT2D eigenvalue weighted by molar-refractivity contribution is -0.116. The number of hydrogen-bond acceptors (Lipinski definition) is 7. The van der Waals surface area contributed by atoms with E-state index in [4.69, 9.17) is 14.2 Å². The van der Waals surface area contributed by atoms with Gasteiger partial charge in [-0.25, -0.2) is 0 Å². The van der Waals surface area contributed by atoms with Gasteiger partial charge in [0.2, 0.25) is 5.91 Å². The molecule has 1 aliphatic rings. The zero-order valence-corrected chi connectivity index (χ0v) is 17.2. The molecule has 7 nitrogen and oxygen atoms in total. The molecule has 29 heavy (non-hydrogen) atoms. The van der Waals surface area contributed by atoms with E-state index in [1.54, 1.807) is 6.21 Å². The van der Waals surface area contributed by atoms with Crippen LogP contribution in [0.1, 0.15) is 25.0 Å². The summed E-state index contributed by atoms with van der Waals surface area (Å²) in [6.45, 7) is 5.44. The maximum atomic E-state index is 11.1. The highest BCUT2D eigenvalue weighted by Crippen LogP contribution is 2.29. The molecule has 1 saturated heterocycles. The van der Waals surface area contributed by atoms with Crippen molar-refractivity contribution >= 4 is 29.1 Å². The molecule has 1 amide bonds. The fourth-order valence-electron chi connectivity index (χ4n) is 2.56. The zero-order chi connectivity index (χ0) is 20.5. The van der Waals surface area contributed by atoms with Crippen molar-refractivity contribution in [3.8, 4) is 17.2 Å². The molecule has 1 aliphatic heterocycles. The van der Waals surface area contributed by atoms with Crippen LogP contribution < -0.4 is 19.5 Å². The van der Waals surface area contributed by atoms with Crippen molar-refractivity contribution in [2.24, 2.45) is 10.2 Å². The van der Waals surface area contributed by atoms with Gasteiger partial charge in [-0.05, 0) is 49.2 Å². The minimum absolute atomic E-state index is 0.0545. The number of amides is 1. The number of hydrogen-bond donors (Lipinski definition) is 1. The van der Waals surface area contributed by atoms with Gasteiger partial charge >= 0.3 is 0 Å².